The van der Waals surface area contributed by atoms with Gasteiger partial charge in [0.1, 0.15) is 23.9 Å². The molecular weight excluding hydrogens is 668 g/mol. The Hall–Kier alpha value is -3.16. The molecule has 1 aromatic carbocycles. The average Bonchev–Trinajstić information content (AvgIpc) is 3.37. The molecule has 3 fully saturated rings. The molecule has 3 heterocycles. The van der Waals surface area contributed by atoms with Crippen LogP contribution < -0.4 is 0 Å². The van der Waals surface area contributed by atoms with Crippen LogP contribution in [0.4, 0.5) is 4.79 Å². The lowest BCUT2D eigenvalue weighted by atomic mass is 9.73. The number of methoxy groups -OCH3 is 1. The van der Waals surface area contributed by atoms with Gasteiger partial charge in [-0.05, 0) is 66.6 Å². The van der Waals surface area contributed by atoms with E-state index in [2.05, 4.69) is 0 Å². The number of ether oxygens (including phenoxy) is 5. The van der Waals surface area contributed by atoms with Crippen molar-refractivity contribution in [3.05, 3.63) is 42.0 Å². The number of fused-ring (bicyclic) bond motifs is 1. The molecule has 0 spiro atoms. The molecule has 0 saturated carbocycles. The number of nitrogens with zero attached hydrogens (tertiary/aromatic N) is 2. The highest BCUT2D eigenvalue weighted by atomic mass is 16.7. The van der Waals surface area contributed by atoms with Crippen LogP contribution in [0.5, 0.6) is 0 Å². The van der Waals surface area contributed by atoms with Crippen LogP contribution in [0.1, 0.15) is 80.2 Å². The maximum atomic E-state index is 14.6. The summed E-state index contributed by atoms with van der Waals surface area (Å²) >= 11 is 0. The van der Waals surface area contributed by atoms with Gasteiger partial charge in [-0.2, -0.15) is 0 Å². The van der Waals surface area contributed by atoms with Gasteiger partial charge in [-0.3, -0.25) is 19.3 Å². The molecular formula is C40H60N2O10. The minimum Gasteiger partial charge on any atom is -0.458 e. The number of carbonyl (C=O) groups is 4. The van der Waals surface area contributed by atoms with E-state index in [0.29, 0.717) is 6.42 Å². The second kappa shape index (κ2) is 16.9. The van der Waals surface area contributed by atoms with Gasteiger partial charge in [0.15, 0.2) is 17.7 Å². The zero-order valence-corrected chi connectivity index (χ0v) is 32.7. The smallest absolute Gasteiger partial charge is 0.411 e. The third-order valence-electron chi connectivity index (χ3n) is 11.6. The number of cyclic esters (lactones) is 1. The molecule has 1 aromatic rings. The van der Waals surface area contributed by atoms with Crippen LogP contribution >= 0.6 is 0 Å². The molecule has 290 valence electrons. The van der Waals surface area contributed by atoms with Gasteiger partial charge in [0.2, 0.25) is 0 Å². The van der Waals surface area contributed by atoms with E-state index in [1.54, 1.807) is 34.6 Å². The van der Waals surface area contributed by atoms with Crippen molar-refractivity contribution in [2.45, 2.75) is 129 Å². The van der Waals surface area contributed by atoms with Crippen molar-refractivity contribution < 1.29 is 48.0 Å². The van der Waals surface area contributed by atoms with Crippen LogP contribution in [-0.2, 0) is 38.1 Å². The number of esters is 1. The Bertz CT molecular complexity index is 1450. The van der Waals surface area contributed by atoms with Gasteiger partial charge < -0.3 is 33.7 Å². The van der Waals surface area contributed by atoms with E-state index in [9.17, 15) is 24.3 Å². The van der Waals surface area contributed by atoms with Crippen molar-refractivity contribution in [3.8, 4) is 0 Å². The number of benzene rings is 1. The number of hydrogen-bond acceptors (Lipinski definition) is 11. The molecule has 0 aliphatic carbocycles. The number of Topliss-reactive ketones (excluding diaryl/α,β-unsaturated/α-hetero) is 2. The van der Waals surface area contributed by atoms with E-state index in [0.717, 1.165) is 5.56 Å². The summed E-state index contributed by atoms with van der Waals surface area (Å²) in [5.41, 5.74) is -1.72. The highest BCUT2D eigenvalue weighted by Gasteiger charge is 2.60. The molecule has 0 bridgehead atoms. The van der Waals surface area contributed by atoms with Gasteiger partial charge in [0, 0.05) is 37.5 Å². The lowest BCUT2D eigenvalue weighted by Crippen LogP contribution is -2.60. The number of likely N-dealkylation sites (N-methyl/N-ethyl adjacent to an activating group) is 1. The van der Waals surface area contributed by atoms with Crippen LogP contribution in [0.15, 0.2) is 36.4 Å². The Morgan fingerprint density at radius 1 is 1.00 bits per heavy atom. The van der Waals surface area contributed by atoms with Crippen molar-refractivity contribution in [3.63, 3.8) is 0 Å². The SMILES string of the molecule is CC[C@H]1OC(=O)[C@H](C)C(=O)[C@H](C)[C@@H](O[C@@H]2O[C@H](C)C[C@H](N(C)C)[C@H]2O)[C@](C)(OC)C[C@@H](C)C(=O)[C@H](C)[C@H]2N(CC=Cc3ccccc3)C(=O)O[C@]12C. The van der Waals surface area contributed by atoms with Crippen molar-refractivity contribution in [1.82, 2.24) is 9.80 Å². The number of ketones is 2. The van der Waals surface area contributed by atoms with E-state index in [-0.39, 0.29) is 37.3 Å². The summed E-state index contributed by atoms with van der Waals surface area (Å²) < 4.78 is 31.0. The third-order valence-corrected chi connectivity index (χ3v) is 11.6. The van der Waals surface area contributed by atoms with E-state index in [1.807, 2.05) is 75.3 Å². The quantitative estimate of drug-likeness (QED) is 0.289. The molecule has 13 atom stereocenters. The number of hydrogen-bond donors (Lipinski definition) is 1. The Balaban J connectivity index is 1.77. The molecule has 3 aliphatic rings. The molecule has 52 heavy (non-hydrogen) atoms. The Labute approximate surface area is 309 Å². The topological polar surface area (TPSA) is 141 Å². The monoisotopic (exact) mass is 728 g/mol. The summed E-state index contributed by atoms with van der Waals surface area (Å²) in [6, 6.07) is 8.56. The van der Waals surface area contributed by atoms with E-state index >= 15 is 0 Å². The fraction of sp³-hybridized carbons (Fsp3) is 0.700. The molecule has 4 rings (SSSR count). The predicted octanol–water partition coefficient (Wildman–Crippen LogP) is 4.90. The lowest BCUT2D eigenvalue weighted by molar-refractivity contribution is -0.295. The number of aliphatic hydroxyl groups is 1. The maximum absolute atomic E-state index is 14.6. The average molecular weight is 729 g/mol. The summed E-state index contributed by atoms with van der Waals surface area (Å²) in [6.07, 6.45) is -0.318. The molecule has 1 amide bonds. The van der Waals surface area contributed by atoms with Crippen LogP contribution in [0, 0.1) is 23.7 Å². The molecule has 12 nitrogen and oxygen atoms in total. The van der Waals surface area contributed by atoms with E-state index < -0.39 is 83.4 Å². The van der Waals surface area contributed by atoms with Crippen LogP contribution in [-0.4, -0.2) is 120 Å². The third kappa shape index (κ3) is 8.46. The molecule has 0 radical (unpaired) electrons. The van der Waals surface area contributed by atoms with Crippen molar-refractivity contribution >= 4 is 29.7 Å². The summed E-state index contributed by atoms with van der Waals surface area (Å²) in [5, 5.41) is 11.4. The minimum atomic E-state index is -1.40. The molecule has 0 aromatic heterocycles. The standard InChI is InChI=1S/C40H60N2O10/c1-12-30-40(8)34(42(38(47)52-40)20-16-19-28-17-14-13-15-18-28)25(4)31(43)23(2)22-39(7,48-11)35(26(5)32(44)27(6)36(46)50-30)51-37-33(45)29(41(9)10)21-24(3)49-37/h13-19,23-27,29-30,33-35,37,45H,12,20-22H2,1-11H3/t23-,24-,25+,26+,27-,29+,30-,33-,34-,35-,37+,39-,40-/m1/s1. The first-order valence-corrected chi connectivity index (χ1v) is 18.6. The Morgan fingerprint density at radius 2 is 1.65 bits per heavy atom. The highest BCUT2D eigenvalue weighted by molar-refractivity contribution is 6.00. The van der Waals surface area contributed by atoms with Crippen LogP contribution in [0.2, 0.25) is 0 Å². The number of rotatable bonds is 8. The normalized spacial score (nSPS) is 39.7. The molecule has 3 aliphatic heterocycles. The molecule has 0 unspecified atom stereocenters. The summed E-state index contributed by atoms with van der Waals surface area (Å²) in [6.45, 7) is 14.1. The minimum absolute atomic E-state index is 0.132. The van der Waals surface area contributed by atoms with Gasteiger partial charge in [-0.25, -0.2) is 4.79 Å². The molecule has 12 heteroatoms. The molecule has 1 N–H and O–H groups in total. The van der Waals surface area contributed by atoms with Gasteiger partial charge in [-0.1, -0.05) is 70.2 Å². The van der Waals surface area contributed by atoms with Crippen molar-refractivity contribution in [1.29, 1.82) is 0 Å². The first-order chi connectivity index (χ1) is 24.4. The van der Waals surface area contributed by atoms with Gasteiger partial charge >= 0.3 is 12.1 Å². The van der Waals surface area contributed by atoms with Gasteiger partial charge in [0.25, 0.3) is 0 Å². The van der Waals surface area contributed by atoms with Crippen LogP contribution in [0.25, 0.3) is 6.08 Å². The summed E-state index contributed by atoms with van der Waals surface area (Å²) in [5.74, 6) is -4.95. The molecule has 3 saturated heterocycles. The maximum Gasteiger partial charge on any atom is 0.411 e. The second-order valence-electron chi connectivity index (χ2n) is 15.7. The zero-order chi connectivity index (χ0) is 38.7. The largest absolute Gasteiger partial charge is 0.458 e. The second-order valence-corrected chi connectivity index (χ2v) is 15.7. The lowest BCUT2D eigenvalue weighted by Gasteiger charge is -2.47. The van der Waals surface area contributed by atoms with E-state index in [1.165, 1.54) is 18.9 Å². The summed E-state index contributed by atoms with van der Waals surface area (Å²) in [7, 11) is 5.23. The van der Waals surface area contributed by atoms with E-state index in [4.69, 9.17) is 23.7 Å². The number of amides is 1. The van der Waals surface area contributed by atoms with Crippen molar-refractivity contribution in [2.24, 2.45) is 23.7 Å². The fourth-order valence-electron chi connectivity index (χ4n) is 8.53. The van der Waals surface area contributed by atoms with Gasteiger partial charge in [-0.15, -0.1) is 0 Å². The fourth-order valence-corrected chi connectivity index (χ4v) is 8.53. The Morgan fingerprint density at radius 3 is 2.25 bits per heavy atom. The zero-order valence-electron chi connectivity index (χ0n) is 32.7. The Kier molecular flexibility index (Phi) is 13.5. The first kappa shape index (κ1) is 41.6. The first-order valence-electron chi connectivity index (χ1n) is 18.6. The van der Waals surface area contributed by atoms with Crippen LogP contribution in [0.3, 0.4) is 0 Å². The number of carbonyl (C=O) groups excluding carboxylic acids is 4. The predicted molar refractivity (Wildman–Crippen MR) is 195 cm³/mol. The number of aliphatic hydroxyl groups excluding tert-OH is 1. The van der Waals surface area contributed by atoms with Crippen molar-refractivity contribution in [2.75, 3.05) is 27.7 Å². The highest BCUT2D eigenvalue weighted by Crippen LogP contribution is 2.43. The van der Waals surface area contributed by atoms with Gasteiger partial charge in [0.05, 0.1) is 23.9 Å². The summed E-state index contributed by atoms with van der Waals surface area (Å²) in [4.78, 5) is 59.7.